The molecule has 0 aromatic heterocycles. The molecule has 2 rings (SSSR count). The van der Waals surface area contributed by atoms with Gasteiger partial charge in [0.05, 0.1) is 23.6 Å². The number of anilines is 1. The molecule has 0 fully saturated rings. The van der Waals surface area contributed by atoms with Crippen molar-refractivity contribution in [3.63, 3.8) is 0 Å². The van der Waals surface area contributed by atoms with Gasteiger partial charge in [0.25, 0.3) is 0 Å². The normalized spacial score (nSPS) is 11.2. The summed E-state index contributed by atoms with van der Waals surface area (Å²) < 4.78 is 31.7. The lowest BCUT2D eigenvalue weighted by Crippen LogP contribution is -2.15. The van der Waals surface area contributed by atoms with E-state index >= 15 is 0 Å². The molecule has 0 saturated carbocycles. The van der Waals surface area contributed by atoms with Gasteiger partial charge in [-0.3, -0.25) is 4.72 Å². The van der Waals surface area contributed by atoms with Gasteiger partial charge >= 0.3 is 0 Å². The lowest BCUT2D eigenvalue weighted by Gasteiger charge is -2.10. The first-order chi connectivity index (χ1) is 9.89. The summed E-state index contributed by atoms with van der Waals surface area (Å²) >= 11 is 11.7. The second kappa shape index (κ2) is 6.56. The Kier molecular flexibility index (Phi) is 4.98. The molecule has 0 radical (unpaired) electrons. The van der Waals surface area contributed by atoms with Crippen LogP contribution in [0.25, 0.3) is 0 Å². The number of halogens is 2. The van der Waals surface area contributed by atoms with Crippen molar-refractivity contribution in [3.8, 4) is 5.75 Å². The van der Waals surface area contributed by atoms with Crippen LogP contribution in [-0.2, 0) is 15.8 Å². The fraction of sp³-hybridized carbons (Fsp3) is 0.143. The summed E-state index contributed by atoms with van der Waals surface area (Å²) in [5, 5.41) is 0.898. The number of hydrogen-bond donors (Lipinski definition) is 1. The number of nitrogens with one attached hydrogen (secondary N) is 1. The first kappa shape index (κ1) is 15.9. The monoisotopic (exact) mass is 345 g/mol. The van der Waals surface area contributed by atoms with Gasteiger partial charge in [-0.15, -0.1) is 0 Å². The maximum absolute atomic E-state index is 12.1. The maximum Gasteiger partial charge on any atom is 0.236 e. The number of hydrogen-bond acceptors (Lipinski definition) is 3. The van der Waals surface area contributed by atoms with Crippen LogP contribution in [0.4, 0.5) is 5.69 Å². The minimum Gasteiger partial charge on any atom is -0.495 e. The van der Waals surface area contributed by atoms with E-state index in [0.717, 1.165) is 0 Å². The van der Waals surface area contributed by atoms with Gasteiger partial charge in [0, 0.05) is 5.02 Å². The molecule has 0 saturated heterocycles. The highest BCUT2D eigenvalue weighted by Crippen LogP contribution is 2.28. The van der Waals surface area contributed by atoms with Crippen LogP contribution in [0, 0.1) is 0 Å². The Labute approximate surface area is 133 Å². The molecule has 2 aromatic rings. The smallest absolute Gasteiger partial charge is 0.236 e. The Morgan fingerprint density at radius 2 is 1.76 bits per heavy atom. The van der Waals surface area contributed by atoms with Gasteiger partial charge in [0.2, 0.25) is 10.0 Å². The van der Waals surface area contributed by atoms with Crippen molar-refractivity contribution < 1.29 is 13.2 Å². The molecule has 0 aliphatic carbocycles. The fourth-order valence-corrected chi connectivity index (χ4v) is 3.32. The average molecular weight is 346 g/mol. The number of ether oxygens (including phenoxy) is 1. The van der Waals surface area contributed by atoms with Crippen molar-refractivity contribution in [1.82, 2.24) is 0 Å². The summed E-state index contributed by atoms with van der Waals surface area (Å²) in [6.45, 7) is 0. The van der Waals surface area contributed by atoms with Crippen LogP contribution in [0.2, 0.25) is 10.0 Å². The highest BCUT2D eigenvalue weighted by atomic mass is 35.5. The quantitative estimate of drug-likeness (QED) is 0.892. The largest absolute Gasteiger partial charge is 0.495 e. The highest BCUT2D eigenvalue weighted by molar-refractivity contribution is 7.91. The zero-order valence-corrected chi connectivity index (χ0v) is 13.5. The third-order valence-electron chi connectivity index (χ3n) is 2.70. The zero-order chi connectivity index (χ0) is 15.5. The highest BCUT2D eigenvalue weighted by Gasteiger charge is 2.13. The molecule has 0 aliphatic heterocycles. The lowest BCUT2D eigenvalue weighted by atomic mass is 10.2. The Hall–Kier alpha value is -1.43. The minimum atomic E-state index is -3.53. The topological polar surface area (TPSA) is 55.4 Å². The molecular formula is C14H13Cl2NO3S. The van der Waals surface area contributed by atoms with E-state index in [0.29, 0.717) is 27.0 Å². The molecule has 0 heterocycles. The molecule has 7 heteroatoms. The van der Waals surface area contributed by atoms with Crippen LogP contribution in [0.3, 0.4) is 0 Å². The Bertz CT molecular complexity index is 730. The second-order valence-corrected chi connectivity index (χ2v) is 6.90. The van der Waals surface area contributed by atoms with E-state index in [-0.39, 0.29) is 5.75 Å². The second-order valence-electron chi connectivity index (χ2n) is 4.34. The van der Waals surface area contributed by atoms with Gasteiger partial charge < -0.3 is 4.74 Å². The Balaban J connectivity index is 2.13. The average Bonchev–Trinajstić information content (AvgIpc) is 2.41. The van der Waals surface area contributed by atoms with Crippen LogP contribution in [0.5, 0.6) is 5.75 Å². The van der Waals surface area contributed by atoms with Crippen molar-refractivity contribution >= 4 is 38.9 Å². The maximum atomic E-state index is 12.1. The summed E-state index contributed by atoms with van der Waals surface area (Å²) in [5.74, 6) is 0.339. The van der Waals surface area contributed by atoms with E-state index in [2.05, 4.69) is 4.72 Å². The van der Waals surface area contributed by atoms with Gasteiger partial charge in [0.15, 0.2) is 0 Å². The van der Waals surface area contributed by atoms with Gasteiger partial charge in [-0.25, -0.2) is 8.42 Å². The summed E-state index contributed by atoms with van der Waals surface area (Å²) in [4.78, 5) is 0. The number of benzene rings is 2. The molecule has 2 aromatic carbocycles. The van der Waals surface area contributed by atoms with E-state index in [1.54, 1.807) is 36.4 Å². The van der Waals surface area contributed by atoms with Crippen molar-refractivity contribution in [2.75, 3.05) is 11.8 Å². The number of sulfonamides is 1. The van der Waals surface area contributed by atoms with Gasteiger partial charge in [-0.2, -0.15) is 0 Å². The summed E-state index contributed by atoms with van der Waals surface area (Å²) in [5.41, 5.74) is 1.03. The SMILES string of the molecule is COc1ccc(NS(=O)(=O)Cc2ccc(Cl)cc2)cc1Cl. The van der Waals surface area contributed by atoms with E-state index in [9.17, 15) is 8.42 Å². The van der Waals surface area contributed by atoms with Crippen LogP contribution >= 0.6 is 23.2 Å². The van der Waals surface area contributed by atoms with E-state index in [1.165, 1.54) is 13.2 Å². The summed E-state index contributed by atoms with van der Waals surface area (Å²) in [7, 11) is -2.04. The Morgan fingerprint density at radius 3 is 2.33 bits per heavy atom. The summed E-state index contributed by atoms with van der Waals surface area (Å²) in [6, 6.07) is 11.3. The first-order valence-corrected chi connectivity index (χ1v) is 8.39. The van der Waals surface area contributed by atoms with Crippen molar-refractivity contribution in [1.29, 1.82) is 0 Å². The third-order valence-corrected chi connectivity index (χ3v) is 4.50. The van der Waals surface area contributed by atoms with Crippen LogP contribution in [0.1, 0.15) is 5.56 Å². The molecule has 112 valence electrons. The molecule has 4 nitrogen and oxygen atoms in total. The molecule has 0 spiro atoms. The Morgan fingerprint density at radius 1 is 1.10 bits per heavy atom. The van der Waals surface area contributed by atoms with E-state index < -0.39 is 10.0 Å². The molecule has 1 N–H and O–H groups in total. The predicted octanol–water partition coefficient (Wildman–Crippen LogP) is 3.94. The standard InChI is InChI=1S/C14H13Cl2NO3S/c1-20-14-7-6-12(8-13(14)16)17-21(18,19)9-10-2-4-11(15)5-3-10/h2-8,17H,9H2,1H3. The summed E-state index contributed by atoms with van der Waals surface area (Å²) in [6.07, 6.45) is 0. The first-order valence-electron chi connectivity index (χ1n) is 5.98. The van der Waals surface area contributed by atoms with E-state index in [1.807, 2.05) is 0 Å². The molecule has 0 amide bonds. The van der Waals surface area contributed by atoms with Crippen molar-refractivity contribution in [2.45, 2.75) is 5.75 Å². The van der Waals surface area contributed by atoms with Gasteiger partial charge in [0.1, 0.15) is 5.75 Å². The van der Waals surface area contributed by atoms with Crippen molar-refractivity contribution in [2.24, 2.45) is 0 Å². The third kappa shape index (κ3) is 4.52. The fourth-order valence-electron chi connectivity index (χ4n) is 1.75. The van der Waals surface area contributed by atoms with Crippen LogP contribution in [0.15, 0.2) is 42.5 Å². The molecule has 0 atom stereocenters. The molecule has 0 bridgehead atoms. The number of rotatable bonds is 5. The molecule has 21 heavy (non-hydrogen) atoms. The van der Waals surface area contributed by atoms with Crippen molar-refractivity contribution in [3.05, 3.63) is 58.1 Å². The minimum absolute atomic E-state index is 0.145. The molecular weight excluding hydrogens is 333 g/mol. The van der Waals surface area contributed by atoms with Crippen LogP contribution < -0.4 is 9.46 Å². The zero-order valence-electron chi connectivity index (χ0n) is 11.1. The number of methoxy groups -OCH3 is 1. The van der Waals surface area contributed by atoms with E-state index in [4.69, 9.17) is 27.9 Å². The van der Waals surface area contributed by atoms with Crippen LogP contribution in [-0.4, -0.2) is 15.5 Å². The molecule has 0 unspecified atom stereocenters. The molecule has 0 aliphatic rings. The van der Waals surface area contributed by atoms with Gasteiger partial charge in [-0.1, -0.05) is 35.3 Å². The lowest BCUT2D eigenvalue weighted by molar-refractivity contribution is 0.415. The van der Waals surface area contributed by atoms with Gasteiger partial charge in [-0.05, 0) is 35.9 Å². The predicted molar refractivity (Wildman–Crippen MR) is 85.7 cm³/mol.